The zero-order valence-electron chi connectivity index (χ0n) is 15.7. The van der Waals surface area contributed by atoms with Gasteiger partial charge in [0.2, 0.25) is 0 Å². The number of ether oxygens (including phenoxy) is 1. The molecule has 1 N–H and O–H groups in total. The number of anilines is 2. The van der Waals surface area contributed by atoms with Crippen LogP contribution in [0.5, 0.6) is 11.5 Å². The smallest absolute Gasteiger partial charge is 0.158 e. The minimum absolute atomic E-state index is 0.460. The SMILES string of the molecule is Cc1cc(Nc2c(C#N)cnn3ccc(Br)c23)ccc1Oc1ccn2ncnc2c1. The molecule has 5 aromatic rings. The van der Waals surface area contributed by atoms with E-state index in [1.807, 2.05) is 49.5 Å². The molecule has 30 heavy (non-hydrogen) atoms. The normalized spacial score (nSPS) is 11.0. The third kappa shape index (κ3) is 3.13. The van der Waals surface area contributed by atoms with Crippen molar-refractivity contribution < 1.29 is 4.74 Å². The average Bonchev–Trinajstić information content (AvgIpc) is 3.36. The molecule has 0 aliphatic heterocycles. The van der Waals surface area contributed by atoms with Crippen molar-refractivity contribution >= 4 is 38.5 Å². The highest BCUT2D eigenvalue weighted by atomic mass is 79.9. The van der Waals surface area contributed by atoms with Crippen LogP contribution < -0.4 is 10.1 Å². The van der Waals surface area contributed by atoms with E-state index in [1.165, 1.54) is 6.33 Å². The van der Waals surface area contributed by atoms with Gasteiger partial charge in [-0.15, -0.1) is 0 Å². The summed E-state index contributed by atoms with van der Waals surface area (Å²) in [6.07, 6.45) is 6.68. The summed E-state index contributed by atoms with van der Waals surface area (Å²) in [5.74, 6) is 1.41. The lowest BCUT2D eigenvalue weighted by molar-refractivity contribution is 0.478. The maximum absolute atomic E-state index is 9.52. The second-order valence-corrected chi connectivity index (χ2v) is 7.49. The van der Waals surface area contributed by atoms with Crippen LogP contribution >= 0.6 is 15.9 Å². The van der Waals surface area contributed by atoms with E-state index in [1.54, 1.807) is 21.4 Å². The van der Waals surface area contributed by atoms with Crippen LogP contribution in [0.2, 0.25) is 0 Å². The van der Waals surface area contributed by atoms with Gasteiger partial charge in [0.15, 0.2) is 5.65 Å². The topological polar surface area (TPSA) is 92.5 Å². The van der Waals surface area contributed by atoms with E-state index in [4.69, 9.17) is 4.74 Å². The molecule has 0 aliphatic carbocycles. The van der Waals surface area contributed by atoms with Gasteiger partial charge in [0, 0.05) is 28.6 Å². The minimum Gasteiger partial charge on any atom is -0.457 e. The molecule has 0 amide bonds. The Labute approximate surface area is 179 Å². The van der Waals surface area contributed by atoms with Crippen LogP contribution in [-0.2, 0) is 0 Å². The number of hydrogen-bond acceptors (Lipinski definition) is 6. The van der Waals surface area contributed by atoms with E-state index in [9.17, 15) is 5.26 Å². The lowest BCUT2D eigenvalue weighted by atomic mass is 10.1. The Morgan fingerprint density at radius 3 is 2.80 bits per heavy atom. The van der Waals surface area contributed by atoms with E-state index in [2.05, 4.69) is 42.5 Å². The van der Waals surface area contributed by atoms with Crippen molar-refractivity contribution in [1.82, 2.24) is 24.2 Å². The van der Waals surface area contributed by atoms with Crippen molar-refractivity contribution in [2.24, 2.45) is 0 Å². The number of nitriles is 1. The molecule has 8 nitrogen and oxygen atoms in total. The highest BCUT2D eigenvalue weighted by Crippen LogP contribution is 2.33. The predicted octanol–water partition coefficient (Wildman–Crippen LogP) is 4.86. The predicted molar refractivity (Wildman–Crippen MR) is 115 cm³/mol. The molecule has 0 unspecified atom stereocenters. The lowest BCUT2D eigenvalue weighted by Gasteiger charge is -2.14. The number of rotatable bonds is 4. The molecule has 4 heterocycles. The fourth-order valence-corrected chi connectivity index (χ4v) is 3.72. The van der Waals surface area contributed by atoms with E-state index in [0.29, 0.717) is 22.6 Å². The summed E-state index contributed by atoms with van der Waals surface area (Å²) >= 11 is 3.53. The first-order chi connectivity index (χ1) is 14.6. The van der Waals surface area contributed by atoms with E-state index >= 15 is 0 Å². The number of halogens is 1. The Morgan fingerprint density at radius 2 is 1.97 bits per heavy atom. The molecule has 0 radical (unpaired) electrons. The number of benzene rings is 1. The highest BCUT2D eigenvalue weighted by molar-refractivity contribution is 9.10. The van der Waals surface area contributed by atoms with Crippen LogP contribution in [0.3, 0.4) is 0 Å². The molecule has 0 saturated carbocycles. The number of aromatic nitrogens is 5. The summed E-state index contributed by atoms with van der Waals surface area (Å²) in [5.41, 5.74) is 4.45. The van der Waals surface area contributed by atoms with Gasteiger partial charge in [0.05, 0.1) is 17.4 Å². The fourth-order valence-electron chi connectivity index (χ4n) is 3.23. The van der Waals surface area contributed by atoms with Crippen molar-refractivity contribution in [1.29, 1.82) is 5.26 Å². The van der Waals surface area contributed by atoms with E-state index < -0.39 is 0 Å². The average molecular weight is 460 g/mol. The summed E-state index contributed by atoms with van der Waals surface area (Å²) in [6, 6.07) is 13.5. The van der Waals surface area contributed by atoms with Gasteiger partial charge in [-0.1, -0.05) is 0 Å². The zero-order chi connectivity index (χ0) is 20.7. The third-order valence-electron chi connectivity index (χ3n) is 4.68. The Morgan fingerprint density at radius 1 is 1.10 bits per heavy atom. The first kappa shape index (κ1) is 18.1. The molecule has 0 fully saturated rings. The van der Waals surface area contributed by atoms with Crippen LogP contribution in [0.15, 0.2) is 65.8 Å². The van der Waals surface area contributed by atoms with Gasteiger partial charge in [-0.2, -0.15) is 15.5 Å². The van der Waals surface area contributed by atoms with Crippen LogP contribution in [0.4, 0.5) is 11.4 Å². The second kappa shape index (κ2) is 7.17. The maximum Gasteiger partial charge on any atom is 0.158 e. The Hall–Kier alpha value is -3.90. The van der Waals surface area contributed by atoms with Crippen LogP contribution in [0, 0.1) is 18.3 Å². The highest BCUT2D eigenvalue weighted by Gasteiger charge is 2.13. The summed E-state index contributed by atoms with van der Waals surface area (Å²) < 4.78 is 10.3. The van der Waals surface area contributed by atoms with Gasteiger partial charge < -0.3 is 10.1 Å². The fraction of sp³-hybridized carbons (Fsp3) is 0.0476. The van der Waals surface area contributed by atoms with E-state index in [0.717, 1.165) is 27.0 Å². The lowest BCUT2D eigenvalue weighted by Crippen LogP contribution is -2.01. The minimum atomic E-state index is 0.460. The molecule has 5 rings (SSSR count). The number of pyridine rings is 1. The van der Waals surface area contributed by atoms with Crippen LogP contribution in [0.1, 0.15) is 11.1 Å². The molecule has 0 aliphatic rings. The van der Waals surface area contributed by atoms with Crippen molar-refractivity contribution in [2.45, 2.75) is 6.92 Å². The van der Waals surface area contributed by atoms with Gasteiger partial charge in [-0.3, -0.25) is 0 Å². The summed E-state index contributed by atoms with van der Waals surface area (Å²) in [5, 5.41) is 21.2. The molecule has 0 saturated heterocycles. The quantitative estimate of drug-likeness (QED) is 0.412. The van der Waals surface area contributed by atoms with Crippen molar-refractivity contribution in [3.05, 3.63) is 76.9 Å². The molecule has 146 valence electrons. The summed E-state index contributed by atoms with van der Waals surface area (Å²) in [7, 11) is 0. The molecular weight excluding hydrogens is 446 g/mol. The molecule has 4 aromatic heterocycles. The number of aryl methyl sites for hydroxylation is 1. The largest absolute Gasteiger partial charge is 0.457 e. The molecule has 0 atom stereocenters. The Bertz CT molecular complexity index is 1450. The van der Waals surface area contributed by atoms with Crippen molar-refractivity contribution in [2.75, 3.05) is 5.32 Å². The Kier molecular flexibility index (Phi) is 4.34. The Balaban J connectivity index is 1.46. The molecule has 0 bridgehead atoms. The number of fused-ring (bicyclic) bond motifs is 2. The maximum atomic E-state index is 9.52. The van der Waals surface area contributed by atoms with Crippen molar-refractivity contribution in [3.8, 4) is 17.6 Å². The first-order valence-corrected chi connectivity index (χ1v) is 9.82. The van der Waals surface area contributed by atoms with E-state index in [-0.39, 0.29) is 0 Å². The van der Waals surface area contributed by atoms with Gasteiger partial charge in [0.25, 0.3) is 0 Å². The number of nitrogens with one attached hydrogen (secondary N) is 1. The second-order valence-electron chi connectivity index (χ2n) is 6.63. The van der Waals surface area contributed by atoms with Crippen molar-refractivity contribution in [3.63, 3.8) is 0 Å². The third-order valence-corrected chi connectivity index (χ3v) is 5.32. The van der Waals surface area contributed by atoms with Gasteiger partial charge in [-0.25, -0.2) is 14.0 Å². The molecular formula is C21H14BrN7O. The first-order valence-electron chi connectivity index (χ1n) is 9.03. The zero-order valence-corrected chi connectivity index (χ0v) is 17.3. The van der Waals surface area contributed by atoms with Gasteiger partial charge >= 0.3 is 0 Å². The van der Waals surface area contributed by atoms with Gasteiger partial charge in [-0.05, 0) is 58.7 Å². The molecule has 9 heteroatoms. The van der Waals surface area contributed by atoms with Gasteiger partial charge in [0.1, 0.15) is 29.4 Å². The van der Waals surface area contributed by atoms with Crippen LogP contribution in [0.25, 0.3) is 11.2 Å². The summed E-state index contributed by atoms with van der Waals surface area (Å²) in [4.78, 5) is 4.17. The molecule has 0 spiro atoms. The van der Waals surface area contributed by atoms with Crippen LogP contribution in [-0.4, -0.2) is 24.2 Å². The monoisotopic (exact) mass is 459 g/mol. The number of hydrogen-bond donors (Lipinski definition) is 1. The number of nitrogens with zero attached hydrogens (tertiary/aromatic N) is 6. The standard InChI is InChI=1S/C21H14BrN7O/c1-13-8-15(27-20-14(10-23)11-25-29-7-5-17(22)21(20)29)2-3-18(13)30-16-4-6-28-19(9-16)24-12-26-28/h2-9,11-12,27H,1H3. The summed E-state index contributed by atoms with van der Waals surface area (Å²) in [6.45, 7) is 1.97. The molecule has 1 aromatic carbocycles.